The Kier molecular flexibility index (Phi) is 7.92. The van der Waals surface area contributed by atoms with Crippen LogP contribution in [0.15, 0.2) is 53.1 Å². The molecule has 0 fully saturated rings. The third-order valence-corrected chi connectivity index (χ3v) is 7.93. The van der Waals surface area contributed by atoms with Crippen molar-refractivity contribution in [2.75, 3.05) is 0 Å². The summed E-state index contributed by atoms with van der Waals surface area (Å²) in [4.78, 5) is 12.8. The van der Waals surface area contributed by atoms with Crippen LogP contribution in [0.5, 0.6) is 0 Å². The number of fused-ring (bicyclic) bond motifs is 1. The van der Waals surface area contributed by atoms with Crippen LogP contribution in [0.4, 0.5) is 22.0 Å². The predicted octanol–water partition coefficient (Wildman–Crippen LogP) is 6.47. The van der Waals surface area contributed by atoms with E-state index in [4.69, 9.17) is 10.2 Å². The maximum atomic E-state index is 16.3. The summed E-state index contributed by atoms with van der Waals surface area (Å²) in [6.07, 6.45) is -3.09. The lowest BCUT2D eigenvalue weighted by molar-refractivity contribution is -0.141. The summed E-state index contributed by atoms with van der Waals surface area (Å²) in [6, 6.07) is 11.0. The van der Waals surface area contributed by atoms with E-state index in [9.17, 15) is 23.2 Å². The van der Waals surface area contributed by atoms with Crippen LogP contribution in [-0.4, -0.2) is 31.8 Å². The molecule has 0 spiro atoms. The zero-order valence-electron chi connectivity index (χ0n) is 24.1. The van der Waals surface area contributed by atoms with E-state index >= 15 is 8.78 Å². The van der Waals surface area contributed by atoms with E-state index in [1.165, 1.54) is 19.2 Å². The van der Waals surface area contributed by atoms with Crippen molar-refractivity contribution in [3.8, 4) is 23.2 Å². The molecule has 230 valence electrons. The average Bonchev–Trinajstić information content (AvgIpc) is 3.66. The number of hydrogen-bond donors (Lipinski definition) is 1. The van der Waals surface area contributed by atoms with E-state index in [1.54, 1.807) is 38.1 Å². The summed E-state index contributed by atoms with van der Waals surface area (Å²) in [5.74, 6) is -1.82. The van der Waals surface area contributed by atoms with E-state index < -0.39 is 40.7 Å². The van der Waals surface area contributed by atoms with Crippen molar-refractivity contribution in [1.29, 1.82) is 5.26 Å². The summed E-state index contributed by atoms with van der Waals surface area (Å²) < 4.78 is 77.7. The van der Waals surface area contributed by atoms with Gasteiger partial charge < -0.3 is 10.2 Å². The molecule has 0 aliphatic heterocycles. The van der Waals surface area contributed by atoms with Gasteiger partial charge >= 0.3 is 6.18 Å². The topological polar surface area (TPSA) is 124 Å². The van der Waals surface area contributed by atoms with Crippen molar-refractivity contribution in [2.24, 2.45) is 5.73 Å². The molecule has 2 heterocycles. The smallest absolute Gasteiger partial charge is 0.419 e. The fourth-order valence-corrected chi connectivity index (χ4v) is 5.37. The summed E-state index contributed by atoms with van der Waals surface area (Å²) in [6.45, 7) is 4.40. The Morgan fingerprint density at radius 3 is 2.50 bits per heavy atom. The van der Waals surface area contributed by atoms with E-state index in [0.717, 1.165) is 22.4 Å². The van der Waals surface area contributed by atoms with Gasteiger partial charge in [0.25, 0.3) is 5.89 Å². The number of alkyl halides is 4. The molecule has 44 heavy (non-hydrogen) atoms. The molecule has 0 bridgehead atoms. The Hall–Kier alpha value is -4.44. The highest BCUT2D eigenvalue weighted by molar-refractivity contribution is 5.84. The molecule has 0 amide bonds. The summed E-state index contributed by atoms with van der Waals surface area (Å²) in [5, 5.41) is 20.9. The van der Waals surface area contributed by atoms with Gasteiger partial charge in [0.15, 0.2) is 5.69 Å². The Labute approximate surface area is 249 Å². The molecule has 3 atom stereocenters. The number of rotatable bonds is 5. The van der Waals surface area contributed by atoms with Gasteiger partial charge in [0.05, 0.1) is 23.4 Å². The van der Waals surface area contributed by atoms with Gasteiger partial charge in [-0.3, -0.25) is 4.79 Å². The SMILES string of the molecule is CC(C)(C#N)c1nnc(-c2cc3c(cc2F)[C@](C)(F)C[C@H](N)C(=O)CCC3Cc2ccc(-n3ccc(C(F)(F)F)n3)cc2)o1. The lowest BCUT2D eigenvalue weighted by Crippen LogP contribution is -2.36. The van der Waals surface area contributed by atoms with Gasteiger partial charge in [-0.1, -0.05) is 12.1 Å². The monoisotopic (exact) mass is 612 g/mol. The Balaban J connectivity index is 1.55. The summed E-state index contributed by atoms with van der Waals surface area (Å²) >= 11 is 0. The fraction of sp³-hybridized carbons (Fsp3) is 0.387. The zero-order chi connectivity index (χ0) is 32.0. The molecule has 2 N–H and O–H groups in total. The van der Waals surface area contributed by atoms with E-state index in [0.29, 0.717) is 17.7 Å². The first-order valence-electron chi connectivity index (χ1n) is 13.9. The zero-order valence-corrected chi connectivity index (χ0v) is 24.1. The van der Waals surface area contributed by atoms with Crippen molar-refractivity contribution in [2.45, 2.75) is 75.7 Å². The van der Waals surface area contributed by atoms with E-state index in [-0.39, 0.29) is 48.0 Å². The molecule has 0 saturated carbocycles. The minimum atomic E-state index is -4.58. The fourth-order valence-electron chi connectivity index (χ4n) is 5.37. The van der Waals surface area contributed by atoms with Crippen LogP contribution in [0, 0.1) is 17.1 Å². The molecule has 1 aliphatic carbocycles. The largest absolute Gasteiger partial charge is 0.435 e. The second-order valence-corrected chi connectivity index (χ2v) is 11.8. The molecule has 2 aromatic heterocycles. The van der Waals surface area contributed by atoms with Gasteiger partial charge in [0.1, 0.15) is 22.7 Å². The molecule has 8 nitrogen and oxygen atoms in total. The van der Waals surface area contributed by atoms with E-state index in [1.807, 2.05) is 6.07 Å². The minimum Gasteiger partial charge on any atom is -0.419 e. The van der Waals surface area contributed by atoms with Crippen molar-refractivity contribution in [1.82, 2.24) is 20.0 Å². The van der Waals surface area contributed by atoms with Gasteiger partial charge in [0.2, 0.25) is 5.89 Å². The third kappa shape index (κ3) is 6.12. The predicted molar refractivity (Wildman–Crippen MR) is 149 cm³/mol. The van der Waals surface area contributed by atoms with Crippen LogP contribution >= 0.6 is 0 Å². The Bertz CT molecular complexity index is 1730. The number of nitrogens with zero attached hydrogens (tertiary/aromatic N) is 5. The normalized spacial score (nSPS) is 21.2. The average molecular weight is 613 g/mol. The summed E-state index contributed by atoms with van der Waals surface area (Å²) in [7, 11) is 0. The number of benzene rings is 2. The van der Waals surface area contributed by atoms with Crippen LogP contribution in [0.3, 0.4) is 0 Å². The highest BCUT2D eigenvalue weighted by atomic mass is 19.4. The Morgan fingerprint density at radius 2 is 1.86 bits per heavy atom. The highest BCUT2D eigenvalue weighted by Gasteiger charge is 2.38. The van der Waals surface area contributed by atoms with Crippen molar-refractivity contribution < 1.29 is 31.2 Å². The van der Waals surface area contributed by atoms with Crippen LogP contribution in [-0.2, 0) is 28.5 Å². The second-order valence-electron chi connectivity index (χ2n) is 11.8. The lowest BCUT2D eigenvalue weighted by atomic mass is 9.80. The maximum Gasteiger partial charge on any atom is 0.435 e. The number of hydrogen-bond acceptors (Lipinski definition) is 7. The van der Waals surface area contributed by atoms with Crippen LogP contribution in [0.1, 0.15) is 74.2 Å². The maximum absolute atomic E-state index is 16.3. The number of ketones is 1. The number of nitrogens with two attached hydrogens (primary N) is 1. The Morgan fingerprint density at radius 1 is 1.16 bits per heavy atom. The number of halogens is 5. The second kappa shape index (κ2) is 11.2. The van der Waals surface area contributed by atoms with Crippen LogP contribution in [0.2, 0.25) is 0 Å². The van der Waals surface area contributed by atoms with Gasteiger partial charge in [-0.2, -0.15) is 23.5 Å². The number of nitriles is 1. The van der Waals surface area contributed by atoms with Crippen molar-refractivity contribution in [3.63, 3.8) is 0 Å². The third-order valence-electron chi connectivity index (χ3n) is 7.93. The molecule has 5 rings (SSSR count). The molecule has 1 aliphatic rings. The van der Waals surface area contributed by atoms with Crippen LogP contribution < -0.4 is 5.73 Å². The minimum absolute atomic E-state index is 0.0129. The van der Waals surface area contributed by atoms with Crippen molar-refractivity contribution >= 4 is 5.78 Å². The number of aromatic nitrogens is 4. The van der Waals surface area contributed by atoms with Crippen molar-refractivity contribution in [3.05, 3.63) is 82.8 Å². The van der Waals surface area contributed by atoms with Gasteiger partial charge in [-0.05, 0) is 86.6 Å². The number of carbonyl (C=O) groups excluding carboxylic acids is 1. The first-order chi connectivity index (χ1) is 20.6. The molecule has 1 unspecified atom stereocenters. The summed E-state index contributed by atoms with van der Waals surface area (Å²) in [5.41, 5.74) is 3.26. The first kappa shape index (κ1) is 31.0. The molecular weight excluding hydrogens is 583 g/mol. The van der Waals surface area contributed by atoms with Gasteiger partial charge in [0, 0.05) is 19.0 Å². The molecule has 4 aromatic rings. The van der Waals surface area contributed by atoms with Crippen LogP contribution in [0.25, 0.3) is 17.1 Å². The standard InChI is InChI=1S/C31H29F5N6O2/c1-29(2,16-37)28-40-39-27(44-28)21-13-20-18(6-9-25(43)24(38)15-30(3,33)22(20)14-23(21)32)12-17-4-7-19(8-5-17)42-11-10-26(41-42)31(34,35)36/h4-5,7-8,10-11,13-14,18,24H,6,9,12,15,38H2,1-3H3/t18?,24-,30+/m0/s1. The molecule has 2 aromatic carbocycles. The highest BCUT2D eigenvalue weighted by Crippen LogP contribution is 2.43. The first-order valence-corrected chi connectivity index (χ1v) is 13.9. The van der Waals surface area contributed by atoms with E-state index in [2.05, 4.69) is 15.3 Å². The lowest BCUT2D eigenvalue weighted by Gasteiger charge is -2.28. The number of carbonyl (C=O) groups is 1. The molecular formula is C31H29F5N6O2. The molecule has 13 heteroatoms. The molecule has 0 saturated heterocycles. The quantitative estimate of drug-likeness (QED) is 0.256. The molecule has 0 radical (unpaired) electrons. The number of Topliss-reactive ketones (excluding diaryl/α,β-unsaturated/α-hetero) is 1. The van der Waals surface area contributed by atoms with Gasteiger partial charge in [-0.25, -0.2) is 13.5 Å². The van der Waals surface area contributed by atoms with Gasteiger partial charge in [-0.15, -0.1) is 10.2 Å².